The van der Waals surface area contributed by atoms with E-state index in [1.165, 1.54) is 37.7 Å². The van der Waals surface area contributed by atoms with E-state index in [1.807, 2.05) is 36.1 Å². The summed E-state index contributed by atoms with van der Waals surface area (Å²) in [6, 6.07) is 7.73. The highest BCUT2D eigenvalue weighted by molar-refractivity contribution is 8.00. The van der Waals surface area contributed by atoms with E-state index < -0.39 is 0 Å². The van der Waals surface area contributed by atoms with E-state index in [0.717, 1.165) is 50.5 Å². The minimum absolute atomic E-state index is 0.0617. The van der Waals surface area contributed by atoms with E-state index in [2.05, 4.69) is 15.1 Å². The number of nitrogens with one attached hydrogen (secondary N) is 1. The average molecular weight is 405 g/mol. The number of aryl methyl sites for hydroxylation is 1. The summed E-state index contributed by atoms with van der Waals surface area (Å²) in [7, 11) is 0. The van der Waals surface area contributed by atoms with Gasteiger partial charge in [-0.05, 0) is 45.0 Å². The second-order valence-electron chi connectivity index (χ2n) is 7.68. The van der Waals surface area contributed by atoms with Gasteiger partial charge in [0.2, 0.25) is 11.8 Å². The van der Waals surface area contributed by atoms with E-state index in [-0.39, 0.29) is 11.8 Å². The number of piperazine rings is 1. The predicted octanol–water partition coefficient (Wildman–Crippen LogP) is 1.91. The molecule has 0 atom stereocenters. The number of thioether (sulfide) groups is 1. The standard InChI is InChI=1S/C21H32N4O2S/c1-18-4-6-19(7-5-18)22-20(26)16-28-17-21(27)25-14-12-24(13-15-25)11-10-23-8-2-3-9-23/h4-7H,2-3,8-17H2,1H3,(H,22,26). The number of hydrogen-bond acceptors (Lipinski definition) is 5. The van der Waals surface area contributed by atoms with Crippen molar-refractivity contribution < 1.29 is 9.59 Å². The minimum Gasteiger partial charge on any atom is -0.339 e. The summed E-state index contributed by atoms with van der Waals surface area (Å²) in [4.78, 5) is 31.3. The number of rotatable bonds is 8. The zero-order valence-electron chi connectivity index (χ0n) is 16.9. The van der Waals surface area contributed by atoms with Crippen molar-refractivity contribution in [2.45, 2.75) is 19.8 Å². The average Bonchev–Trinajstić information content (AvgIpc) is 3.22. The van der Waals surface area contributed by atoms with Gasteiger partial charge in [0.1, 0.15) is 0 Å². The van der Waals surface area contributed by atoms with Crippen LogP contribution in [0.2, 0.25) is 0 Å². The van der Waals surface area contributed by atoms with Crippen molar-refractivity contribution in [2.75, 3.05) is 69.2 Å². The van der Waals surface area contributed by atoms with Crippen LogP contribution in [0.25, 0.3) is 0 Å². The fourth-order valence-electron chi connectivity index (χ4n) is 3.67. The molecule has 2 heterocycles. The molecule has 0 aromatic heterocycles. The molecule has 2 fully saturated rings. The molecule has 0 saturated carbocycles. The molecule has 1 N–H and O–H groups in total. The van der Waals surface area contributed by atoms with E-state index >= 15 is 0 Å². The number of carbonyl (C=O) groups excluding carboxylic acids is 2. The minimum atomic E-state index is -0.0617. The smallest absolute Gasteiger partial charge is 0.234 e. The van der Waals surface area contributed by atoms with Crippen LogP contribution in [-0.2, 0) is 9.59 Å². The van der Waals surface area contributed by atoms with Gasteiger partial charge in [-0.1, -0.05) is 17.7 Å². The van der Waals surface area contributed by atoms with E-state index in [9.17, 15) is 9.59 Å². The fraction of sp³-hybridized carbons (Fsp3) is 0.619. The molecule has 1 aromatic carbocycles. The Labute approximate surface area is 172 Å². The third kappa shape index (κ3) is 6.79. The summed E-state index contributed by atoms with van der Waals surface area (Å²) in [6.07, 6.45) is 2.67. The third-order valence-corrected chi connectivity index (χ3v) is 6.37. The SMILES string of the molecule is Cc1ccc(NC(=O)CSCC(=O)N2CCN(CCN3CCCC3)CC2)cc1. The highest BCUT2D eigenvalue weighted by Gasteiger charge is 2.22. The summed E-state index contributed by atoms with van der Waals surface area (Å²) in [5, 5.41) is 2.87. The number of benzene rings is 1. The normalized spacial score (nSPS) is 18.4. The Morgan fingerprint density at radius 2 is 1.50 bits per heavy atom. The maximum absolute atomic E-state index is 12.4. The third-order valence-electron chi connectivity index (χ3n) is 5.45. The summed E-state index contributed by atoms with van der Waals surface area (Å²) in [5.41, 5.74) is 1.96. The number of amides is 2. The Morgan fingerprint density at radius 3 is 2.14 bits per heavy atom. The van der Waals surface area contributed by atoms with Gasteiger partial charge in [-0.2, -0.15) is 0 Å². The fourth-order valence-corrected chi connectivity index (χ4v) is 4.38. The maximum Gasteiger partial charge on any atom is 0.234 e. The van der Waals surface area contributed by atoms with Gasteiger partial charge >= 0.3 is 0 Å². The molecule has 7 heteroatoms. The number of nitrogens with zero attached hydrogens (tertiary/aromatic N) is 3. The lowest BCUT2D eigenvalue weighted by atomic mass is 10.2. The van der Waals surface area contributed by atoms with Gasteiger partial charge in [0.05, 0.1) is 11.5 Å². The van der Waals surface area contributed by atoms with Gasteiger partial charge in [-0.15, -0.1) is 11.8 Å². The van der Waals surface area contributed by atoms with Gasteiger partial charge in [0, 0.05) is 45.0 Å². The van der Waals surface area contributed by atoms with Crippen molar-refractivity contribution in [3.8, 4) is 0 Å². The molecule has 0 aliphatic carbocycles. The zero-order chi connectivity index (χ0) is 19.8. The molecule has 1 aromatic rings. The van der Waals surface area contributed by atoms with E-state index in [0.29, 0.717) is 11.5 Å². The molecule has 2 amide bonds. The number of carbonyl (C=O) groups is 2. The quantitative estimate of drug-likeness (QED) is 0.717. The van der Waals surface area contributed by atoms with Crippen molar-refractivity contribution in [2.24, 2.45) is 0 Å². The molecule has 0 bridgehead atoms. The molecular formula is C21H32N4O2S. The lowest BCUT2D eigenvalue weighted by Gasteiger charge is -2.35. The lowest BCUT2D eigenvalue weighted by Crippen LogP contribution is -2.50. The second kappa shape index (κ2) is 10.8. The van der Waals surface area contributed by atoms with Crippen molar-refractivity contribution in [3.05, 3.63) is 29.8 Å². The van der Waals surface area contributed by atoms with Crippen LogP contribution in [0, 0.1) is 6.92 Å². The largest absolute Gasteiger partial charge is 0.339 e. The Kier molecular flexibility index (Phi) is 8.18. The Morgan fingerprint density at radius 1 is 0.893 bits per heavy atom. The van der Waals surface area contributed by atoms with Crippen molar-refractivity contribution in [1.29, 1.82) is 0 Å². The van der Waals surface area contributed by atoms with E-state index in [1.54, 1.807) is 0 Å². The van der Waals surface area contributed by atoms with Gasteiger partial charge in [0.15, 0.2) is 0 Å². The first kappa shape index (κ1) is 21.1. The summed E-state index contributed by atoms with van der Waals surface area (Å²) < 4.78 is 0. The first-order valence-electron chi connectivity index (χ1n) is 10.3. The Balaban J connectivity index is 1.27. The molecule has 0 unspecified atom stereocenters. The highest BCUT2D eigenvalue weighted by atomic mass is 32.2. The van der Waals surface area contributed by atoms with E-state index in [4.69, 9.17) is 0 Å². The van der Waals surface area contributed by atoms with Gasteiger partial charge in [-0.3, -0.25) is 14.5 Å². The van der Waals surface area contributed by atoms with Crippen LogP contribution in [0.5, 0.6) is 0 Å². The molecule has 154 valence electrons. The molecule has 2 aliphatic heterocycles. The predicted molar refractivity (Wildman–Crippen MR) is 116 cm³/mol. The molecule has 28 heavy (non-hydrogen) atoms. The van der Waals surface area contributed by atoms with Crippen molar-refractivity contribution in [1.82, 2.24) is 14.7 Å². The number of hydrogen-bond donors (Lipinski definition) is 1. The van der Waals surface area contributed by atoms with Crippen LogP contribution < -0.4 is 5.32 Å². The van der Waals surface area contributed by atoms with Crippen LogP contribution in [-0.4, -0.2) is 90.4 Å². The Hall–Kier alpha value is -1.57. The molecule has 0 radical (unpaired) electrons. The monoisotopic (exact) mass is 404 g/mol. The van der Waals surface area contributed by atoms with Gasteiger partial charge in [0.25, 0.3) is 0 Å². The van der Waals surface area contributed by atoms with Crippen molar-refractivity contribution >= 4 is 29.3 Å². The molecular weight excluding hydrogens is 372 g/mol. The molecule has 0 spiro atoms. The summed E-state index contributed by atoms with van der Waals surface area (Å²) in [5.74, 6) is 0.755. The Bertz CT molecular complexity index is 638. The van der Waals surface area contributed by atoms with Crippen LogP contribution in [0.4, 0.5) is 5.69 Å². The molecule has 3 rings (SSSR count). The molecule has 6 nitrogen and oxygen atoms in total. The zero-order valence-corrected chi connectivity index (χ0v) is 17.7. The number of likely N-dealkylation sites (tertiary alicyclic amines) is 1. The topological polar surface area (TPSA) is 55.9 Å². The van der Waals surface area contributed by atoms with Crippen LogP contribution in [0.3, 0.4) is 0 Å². The van der Waals surface area contributed by atoms with Gasteiger partial charge in [-0.25, -0.2) is 0 Å². The maximum atomic E-state index is 12.4. The van der Waals surface area contributed by atoms with Crippen LogP contribution in [0.15, 0.2) is 24.3 Å². The highest BCUT2D eigenvalue weighted by Crippen LogP contribution is 2.12. The molecule has 2 saturated heterocycles. The number of anilines is 1. The van der Waals surface area contributed by atoms with Crippen LogP contribution >= 0.6 is 11.8 Å². The first-order valence-corrected chi connectivity index (χ1v) is 11.4. The summed E-state index contributed by atoms with van der Waals surface area (Å²) in [6.45, 7) is 10.3. The van der Waals surface area contributed by atoms with Gasteiger partial charge < -0.3 is 15.1 Å². The van der Waals surface area contributed by atoms with Crippen LogP contribution in [0.1, 0.15) is 18.4 Å². The summed E-state index contributed by atoms with van der Waals surface area (Å²) >= 11 is 1.39. The second-order valence-corrected chi connectivity index (χ2v) is 8.66. The molecule has 2 aliphatic rings. The first-order chi connectivity index (χ1) is 13.6. The van der Waals surface area contributed by atoms with Crippen molar-refractivity contribution in [3.63, 3.8) is 0 Å². The lowest BCUT2D eigenvalue weighted by molar-refractivity contribution is -0.130.